The Labute approximate surface area is 141 Å². The molecule has 1 aromatic heterocycles. The minimum atomic E-state index is -0.139. The Bertz CT molecular complexity index is 708. The van der Waals surface area contributed by atoms with Gasteiger partial charge in [-0.05, 0) is 5.56 Å². The molecule has 24 heavy (non-hydrogen) atoms. The minimum absolute atomic E-state index is 0.139. The lowest BCUT2D eigenvalue weighted by molar-refractivity contribution is 0.0645. The van der Waals surface area contributed by atoms with Gasteiger partial charge in [-0.25, -0.2) is 9.97 Å². The van der Waals surface area contributed by atoms with Gasteiger partial charge in [0.05, 0.1) is 0 Å². The molecule has 1 aromatic carbocycles. The lowest BCUT2D eigenvalue weighted by Gasteiger charge is -2.34. The van der Waals surface area contributed by atoms with Gasteiger partial charge in [0.1, 0.15) is 0 Å². The molecule has 1 amide bonds. The van der Waals surface area contributed by atoms with Crippen molar-refractivity contribution in [3.63, 3.8) is 0 Å². The molecule has 0 saturated carbocycles. The Balaban J connectivity index is 1.50. The van der Waals surface area contributed by atoms with Crippen molar-refractivity contribution in [1.82, 2.24) is 19.8 Å². The molecule has 6 nitrogen and oxygen atoms in total. The third-order valence-electron chi connectivity index (χ3n) is 4.06. The summed E-state index contributed by atoms with van der Waals surface area (Å²) in [5, 5.41) is 0. The number of aromatic nitrogens is 2. The number of carbonyl (C=O) groups is 1. The van der Waals surface area contributed by atoms with E-state index in [1.165, 1.54) is 18.0 Å². The first-order valence-electron chi connectivity index (χ1n) is 8.04. The van der Waals surface area contributed by atoms with Gasteiger partial charge in [-0.15, -0.1) is 0 Å². The largest absolute Gasteiger partial charge is 0.382 e. The summed E-state index contributed by atoms with van der Waals surface area (Å²) < 4.78 is 0. The Morgan fingerprint density at radius 3 is 2.50 bits per heavy atom. The van der Waals surface area contributed by atoms with Gasteiger partial charge >= 0.3 is 0 Å². The van der Waals surface area contributed by atoms with Gasteiger partial charge in [-0.3, -0.25) is 9.69 Å². The molecular formula is C18H21N5O. The molecule has 1 aliphatic rings. The summed E-state index contributed by atoms with van der Waals surface area (Å²) in [6.07, 6.45) is 7.27. The first kappa shape index (κ1) is 16.1. The van der Waals surface area contributed by atoms with Crippen molar-refractivity contribution in [2.75, 3.05) is 38.5 Å². The molecule has 0 unspecified atom stereocenters. The zero-order chi connectivity index (χ0) is 16.8. The van der Waals surface area contributed by atoms with Crippen molar-refractivity contribution < 1.29 is 4.79 Å². The Morgan fingerprint density at radius 2 is 1.79 bits per heavy atom. The van der Waals surface area contributed by atoms with E-state index >= 15 is 0 Å². The third kappa shape index (κ3) is 3.97. The van der Waals surface area contributed by atoms with Crippen LogP contribution in [-0.4, -0.2) is 58.4 Å². The van der Waals surface area contributed by atoms with Crippen molar-refractivity contribution in [2.45, 2.75) is 0 Å². The highest BCUT2D eigenvalue weighted by atomic mass is 16.2. The van der Waals surface area contributed by atoms with Crippen LogP contribution in [0.5, 0.6) is 0 Å². The molecule has 0 bridgehead atoms. The number of hydrogen-bond donors (Lipinski definition) is 1. The summed E-state index contributed by atoms with van der Waals surface area (Å²) >= 11 is 0. The molecule has 3 rings (SSSR count). The van der Waals surface area contributed by atoms with E-state index in [9.17, 15) is 4.79 Å². The minimum Gasteiger partial charge on any atom is -0.382 e. The molecule has 0 aliphatic carbocycles. The number of nitrogens with zero attached hydrogens (tertiary/aromatic N) is 4. The van der Waals surface area contributed by atoms with Crippen LogP contribution in [0.4, 0.5) is 5.82 Å². The van der Waals surface area contributed by atoms with Crippen molar-refractivity contribution in [2.24, 2.45) is 0 Å². The predicted octanol–water partition coefficient (Wildman–Crippen LogP) is 1.53. The van der Waals surface area contributed by atoms with E-state index in [2.05, 4.69) is 39.2 Å². The molecule has 0 radical (unpaired) electrons. The Kier molecular flexibility index (Phi) is 5.18. The van der Waals surface area contributed by atoms with Crippen LogP contribution in [0.15, 0.2) is 48.8 Å². The first-order valence-corrected chi connectivity index (χ1v) is 8.04. The molecule has 2 aromatic rings. The maximum Gasteiger partial charge on any atom is 0.276 e. The number of rotatable bonds is 4. The molecular weight excluding hydrogens is 302 g/mol. The second-order valence-electron chi connectivity index (χ2n) is 5.70. The zero-order valence-electron chi connectivity index (χ0n) is 13.5. The van der Waals surface area contributed by atoms with Crippen molar-refractivity contribution in [3.05, 3.63) is 60.1 Å². The zero-order valence-corrected chi connectivity index (χ0v) is 13.5. The highest BCUT2D eigenvalue weighted by molar-refractivity contribution is 5.96. The highest BCUT2D eigenvalue weighted by Gasteiger charge is 2.24. The summed E-state index contributed by atoms with van der Waals surface area (Å²) in [6.45, 7) is 3.91. The quantitative estimate of drug-likeness (QED) is 0.923. The number of nitrogen functional groups attached to an aromatic ring is 1. The summed E-state index contributed by atoms with van der Waals surface area (Å²) in [5.41, 5.74) is 7.18. The first-order chi connectivity index (χ1) is 11.7. The number of amides is 1. The Hall–Kier alpha value is -2.73. The van der Waals surface area contributed by atoms with Crippen LogP contribution in [0.1, 0.15) is 16.1 Å². The lowest BCUT2D eigenvalue weighted by atomic mass is 10.2. The topological polar surface area (TPSA) is 75.3 Å². The van der Waals surface area contributed by atoms with Gasteiger partial charge in [-0.1, -0.05) is 42.5 Å². The van der Waals surface area contributed by atoms with E-state index in [0.29, 0.717) is 13.1 Å². The maximum absolute atomic E-state index is 12.4. The van der Waals surface area contributed by atoms with E-state index in [0.717, 1.165) is 19.6 Å². The monoisotopic (exact) mass is 323 g/mol. The van der Waals surface area contributed by atoms with Crippen LogP contribution < -0.4 is 5.73 Å². The maximum atomic E-state index is 12.4. The SMILES string of the molecule is Nc1nccnc1C(=O)N1CCN(C/C=C/c2ccccc2)CC1. The molecule has 0 atom stereocenters. The highest BCUT2D eigenvalue weighted by Crippen LogP contribution is 2.11. The van der Waals surface area contributed by atoms with Gasteiger partial charge in [0.15, 0.2) is 11.5 Å². The van der Waals surface area contributed by atoms with Gasteiger partial charge in [0.2, 0.25) is 0 Å². The van der Waals surface area contributed by atoms with Crippen LogP contribution in [0, 0.1) is 0 Å². The number of piperazine rings is 1. The fraction of sp³-hybridized carbons (Fsp3) is 0.278. The van der Waals surface area contributed by atoms with Crippen molar-refractivity contribution in [1.29, 1.82) is 0 Å². The van der Waals surface area contributed by atoms with Crippen LogP contribution in [0.2, 0.25) is 0 Å². The normalized spacial score (nSPS) is 15.8. The fourth-order valence-corrected chi connectivity index (χ4v) is 2.70. The van der Waals surface area contributed by atoms with Crippen LogP contribution in [0.25, 0.3) is 6.08 Å². The molecule has 124 valence electrons. The predicted molar refractivity (Wildman–Crippen MR) is 94.3 cm³/mol. The number of anilines is 1. The van der Waals surface area contributed by atoms with E-state index < -0.39 is 0 Å². The third-order valence-corrected chi connectivity index (χ3v) is 4.06. The molecule has 1 aliphatic heterocycles. The summed E-state index contributed by atoms with van der Waals surface area (Å²) in [7, 11) is 0. The van der Waals surface area contributed by atoms with E-state index in [-0.39, 0.29) is 17.4 Å². The summed E-state index contributed by atoms with van der Waals surface area (Å²) in [4.78, 5) is 24.5. The summed E-state index contributed by atoms with van der Waals surface area (Å²) in [6, 6.07) is 10.2. The number of benzene rings is 1. The molecule has 0 spiro atoms. The fourth-order valence-electron chi connectivity index (χ4n) is 2.70. The average Bonchev–Trinajstić information content (AvgIpc) is 2.63. The van der Waals surface area contributed by atoms with E-state index in [1.807, 2.05) is 18.2 Å². The van der Waals surface area contributed by atoms with Gasteiger partial charge in [0.25, 0.3) is 5.91 Å². The van der Waals surface area contributed by atoms with Crippen LogP contribution in [-0.2, 0) is 0 Å². The van der Waals surface area contributed by atoms with Crippen LogP contribution >= 0.6 is 0 Å². The average molecular weight is 323 g/mol. The van der Waals surface area contributed by atoms with Crippen molar-refractivity contribution >= 4 is 17.8 Å². The number of carbonyl (C=O) groups excluding carboxylic acids is 1. The standard InChI is InChI=1S/C18H21N5O/c19-17-16(20-8-9-21-17)18(24)23-13-11-22(12-14-23)10-4-7-15-5-2-1-3-6-15/h1-9H,10-14H2,(H2,19,21)/b7-4+. The molecule has 1 saturated heterocycles. The van der Waals surface area contributed by atoms with Gasteiger partial charge < -0.3 is 10.6 Å². The second-order valence-corrected chi connectivity index (χ2v) is 5.70. The molecule has 6 heteroatoms. The van der Waals surface area contributed by atoms with Crippen LogP contribution in [0.3, 0.4) is 0 Å². The summed E-state index contributed by atoms with van der Waals surface area (Å²) in [5.74, 6) is 0.0517. The smallest absolute Gasteiger partial charge is 0.276 e. The number of hydrogen-bond acceptors (Lipinski definition) is 5. The van der Waals surface area contributed by atoms with Gasteiger partial charge in [-0.2, -0.15) is 0 Å². The molecule has 2 N–H and O–H groups in total. The second kappa shape index (κ2) is 7.70. The lowest BCUT2D eigenvalue weighted by Crippen LogP contribution is -2.48. The number of nitrogens with two attached hydrogens (primary N) is 1. The van der Waals surface area contributed by atoms with E-state index in [1.54, 1.807) is 4.90 Å². The van der Waals surface area contributed by atoms with Gasteiger partial charge in [0, 0.05) is 45.1 Å². The Morgan fingerprint density at radius 1 is 1.08 bits per heavy atom. The molecule has 1 fully saturated rings. The van der Waals surface area contributed by atoms with Crippen molar-refractivity contribution in [3.8, 4) is 0 Å². The van der Waals surface area contributed by atoms with E-state index in [4.69, 9.17) is 5.73 Å². The molecule has 2 heterocycles.